The molecule has 16 heavy (non-hydrogen) atoms. The highest BCUT2D eigenvalue weighted by atomic mass is 79.9. The molecule has 0 unspecified atom stereocenters. The van der Waals surface area contributed by atoms with Gasteiger partial charge in [-0.3, -0.25) is 0 Å². The lowest BCUT2D eigenvalue weighted by Crippen LogP contribution is -3.00. The molecular weight excluding hydrogens is 264 g/mol. The van der Waals surface area contributed by atoms with E-state index in [9.17, 15) is 0 Å². The average molecular weight is 275 g/mol. The van der Waals surface area contributed by atoms with Gasteiger partial charge in [-0.05, 0) is 6.07 Å². The second kappa shape index (κ2) is 6.04. The van der Waals surface area contributed by atoms with Gasteiger partial charge in [0.1, 0.15) is 11.6 Å². The van der Waals surface area contributed by atoms with E-state index in [4.69, 9.17) is 5.26 Å². The van der Waals surface area contributed by atoms with Gasteiger partial charge in [0.2, 0.25) is 0 Å². The molecule has 0 radical (unpaired) electrons. The van der Waals surface area contributed by atoms with Crippen molar-refractivity contribution in [2.45, 2.75) is 6.54 Å². The van der Waals surface area contributed by atoms with Crippen LogP contribution in [-0.2, 0) is 6.54 Å². The molecule has 0 aliphatic heterocycles. The first-order valence-corrected chi connectivity index (χ1v) is 4.81. The van der Waals surface area contributed by atoms with Crippen LogP contribution in [0.2, 0.25) is 0 Å². The molecule has 1 aromatic heterocycles. The lowest BCUT2D eigenvalue weighted by Gasteiger charge is -1.96. The summed E-state index contributed by atoms with van der Waals surface area (Å²) in [5.41, 5.74) is 1.92. The molecule has 1 heterocycles. The zero-order valence-electron chi connectivity index (χ0n) is 8.68. The van der Waals surface area contributed by atoms with E-state index >= 15 is 0 Å². The van der Waals surface area contributed by atoms with Crippen LogP contribution in [0.4, 0.5) is 0 Å². The zero-order chi connectivity index (χ0) is 10.5. The molecule has 2 nitrogen and oxygen atoms in total. The fraction of sp³-hybridized carbons (Fsp3) is 0.0769. The molecule has 0 atom stereocenters. The second-order valence-corrected chi connectivity index (χ2v) is 3.36. The molecule has 0 bridgehead atoms. The molecule has 0 N–H and O–H groups in total. The predicted octanol–water partition coefficient (Wildman–Crippen LogP) is -1.10. The summed E-state index contributed by atoms with van der Waals surface area (Å²) < 4.78 is 2.01. The Kier molecular flexibility index (Phi) is 4.68. The van der Waals surface area contributed by atoms with Crippen LogP contribution in [0.15, 0.2) is 54.9 Å². The van der Waals surface area contributed by atoms with Gasteiger partial charge in [0.05, 0.1) is 0 Å². The van der Waals surface area contributed by atoms with Crippen LogP contribution in [0.1, 0.15) is 11.1 Å². The molecule has 0 saturated heterocycles. The number of pyridine rings is 1. The number of rotatable bonds is 2. The summed E-state index contributed by atoms with van der Waals surface area (Å²) in [4.78, 5) is 0. The first-order valence-electron chi connectivity index (χ1n) is 4.81. The highest BCUT2D eigenvalue weighted by Gasteiger charge is 2.02. The molecule has 2 aromatic rings. The van der Waals surface area contributed by atoms with E-state index in [0.717, 1.165) is 6.54 Å². The third-order valence-corrected chi connectivity index (χ3v) is 2.20. The maximum Gasteiger partial charge on any atom is 0.186 e. The fourth-order valence-electron chi connectivity index (χ4n) is 1.48. The number of nitriles is 1. The molecular formula is C13H11BrN2. The molecule has 0 aliphatic rings. The molecule has 0 saturated carbocycles. The highest BCUT2D eigenvalue weighted by molar-refractivity contribution is 5.22. The first-order chi connectivity index (χ1) is 7.38. The van der Waals surface area contributed by atoms with Crippen molar-refractivity contribution in [3.63, 3.8) is 0 Å². The highest BCUT2D eigenvalue weighted by Crippen LogP contribution is 1.98. The topological polar surface area (TPSA) is 27.7 Å². The minimum atomic E-state index is 0. The zero-order valence-corrected chi connectivity index (χ0v) is 10.3. The van der Waals surface area contributed by atoms with Crippen LogP contribution in [0, 0.1) is 11.3 Å². The van der Waals surface area contributed by atoms with Gasteiger partial charge in [0, 0.05) is 11.6 Å². The van der Waals surface area contributed by atoms with Gasteiger partial charge in [0.25, 0.3) is 0 Å². The number of halogens is 1. The van der Waals surface area contributed by atoms with Gasteiger partial charge in [-0.25, -0.2) is 0 Å². The van der Waals surface area contributed by atoms with Crippen molar-refractivity contribution < 1.29 is 21.5 Å². The van der Waals surface area contributed by atoms with Gasteiger partial charge >= 0.3 is 0 Å². The standard InChI is InChI=1S/C13H11N2.BrH/c14-9-13-7-4-8-15(11-13)10-12-5-2-1-3-6-12;/h1-8,11H,10H2;1H/q+1;/p-1. The maximum atomic E-state index is 8.76. The number of hydrogen-bond acceptors (Lipinski definition) is 1. The summed E-state index contributed by atoms with van der Waals surface area (Å²) in [6.45, 7) is 0.802. The van der Waals surface area contributed by atoms with E-state index in [0.29, 0.717) is 5.56 Å². The van der Waals surface area contributed by atoms with Crippen molar-refractivity contribution in [1.29, 1.82) is 5.26 Å². The molecule has 0 amide bonds. The summed E-state index contributed by atoms with van der Waals surface area (Å²) >= 11 is 0. The SMILES string of the molecule is N#Cc1ccc[n+](Cc2ccccc2)c1.[Br-]. The predicted molar refractivity (Wildman–Crippen MR) is 56.9 cm³/mol. The maximum absolute atomic E-state index is 8.76. The molecule has 80 valence electrons. The van der Waals surface area contributed by atoms with Crippen LogP contribution in [0.25, 0.3) is 0 Å². The van der Waals surface area contributed by atoms with Crippen molar-refractivity contribution in [2.75, 3.05) is 0 Å². The van der Waals surface area contributed by atoms with Crippen LogP contribution < -0.4 is 21.5 Å². The minimum absolute atomic E-state index is 0. The molecule has 1 aromatic carbocycles. The van der Waals surface area contributed by atoms with Gasteiger partial charge in [-0.2, -0.15) is 9.83 Å². The quantitative estimate of drug-likeness (QED) is 0.639. The van der Waals surface area contributed by atoms with E-state index in [1.807, 2.05) is 47.3 Å². The van der Waals surface area contributed by atoms with Crippen molar-refractivity contribution in [1.82, 2.24) is 0 Å². The van der Waals surface area contributed by atoms with Crippen molar-refractivity contribution in [3.05, 3.63) is 66.0 Å². The lowest BCUT2D eigenvalue weighted by molar-refractivity contribution is -0.688. The van der Waals surface area contributed by atoms with E-state index in [1.165, 1.54) is 5.56 Å². The van der Waals surface area contributed by atoms with Crippen LogP contribution in [-0.4, -0.2) is 0 Å². The third-order valence-electron chi connectivity index (χ3n) is 2.20. The Morgan fingerprint density at radius 3 is 2.50 bits per heavy atom. The van der Waals surface area contributed by atoms with Crippen LogP contribution >= 0.6 is 0 Å². The average Bonchev–Trinajstić information content (AvgIpc) is 2.31. The Bertz CT molecular complexity index is 489. The molecule has 2 rings (SSSR count). The molecule has 0 spiro atoms. The monoisotopic (exact) mass is 274 g/mol. The van der Waals surface area contributed by atoms with Gasteiger partial charge < -0.3 is 17.0 Å². The summed E-state index contributed by atoms with van der Waals surface area (Å²) in [5, 5.41) is 8.76. The third kappa shape index (κ3) is 3.18. The van der Waals surface area contributed by atoms with Crippen molar-refractivity contribution >= 4 is 0 Å². The number of aromatic nitrogens is 1. The summed E-state index contributed by atoms with van der Waals surface area (Å²) in [6, 6.07) is 16.0. The number of hydrogen-bond donors (Lipinski definition) is 0. The van der Waals surface area contributed by atoms with Gasteiger partial charge in [-0.1, -0.05) is 30.3 Å². The Balaban J connectivity index is 0.00000128. The summed E-state index contributed by atoms with van der Waals surface area (Å²) in [7, 11) is 0. The molecule has 0 fully saturated rings. The van der Waals surface area contributed by atoms with E-state index < -0.39 is 0 Å². The Hall–Kier alpha value is -1.66. The summed E-state index contributed by atoms with van der Waals surface area (Å²) in [5.74, 6) is 0. The first kappa shape index (κ1) is 12.4. The second-order valence-electron chi connectivity index (χ2n) is 3.36. The van der Waals surface area contributed by atoms with Crippen molar-refractivity contribution in [2.24, 2.45) is 0 Å². The molecule has 0 aliphatic carbocycles. The normalized spacial score (nSPS) is 8.94. The largest absolute Gasteiger partial charge is 1.00 e. The lowest BCUT2D eigenvalue weighted by atomic mass is 10.2. The number of nitrogens with zero attached hydrogens (tertiary/aromatic N) is 2. The Morgan fingerprint density at radius 2 is 1.81 bits per heavy atom. The minimum Gasteiger partial charge on any atom is -1.00 e. The fourth-order valence-corrected chi connectivity index (χ4v) is 1.48. The Labute approximate surface area is 106 Å². The van der Waals surface area contributed by atoms with E-state index in [2.05, 4.69) is 18.2 Å². The van der Waals surface area contributed by atoms with Crippen LogP contribution in [0.3, 0.4) is 0 Å². The van der Waals surface area contributed by atoms with Gasteiger partial charge in [-0.15, -0.1) is 0 Å². The van der Waals surface area contributed by atoms with Crippen molar-refractivity contribution in [3.8, 4) is 6.07 Å². The van der Waals surface area contributed by atoms with Crippen LogP contribution in [0.5, 0.6) is 0 Å². The Morgan fingerprint density at radius 1 is 1.06 bits per heavy atom. The number of benzene rings is 1. The van der Waals surface area contributed by atoms with E-state index in [-0.39, 0.29) is 17.0 Å². The molecule has 3 heteroatoms. The smallest absolute Gasteiger partial charge is 0.186 e. The van der Waals surface area contributed by atoms with Gasteiger partial charge in [0.15, 0.2) is 18.9 Å². The summed E-state index contributed by atoms with van der Waals surface area (Å²) in [6.07, 6.45) is 3.82. The van der Waals surface area contributed by atoms with E-state index in [1.54, 1.807) is 0 Å².